The summed E-state index contributed by atoms with van der Waals surface area (Å²) in [5.74, 6) is 0. The first-order valence-electron chi connectivity index (χ1n) is 6.85. The van der Waals surface area contributed by atoms with Gasteiger partial charge in [-0.1, -0.05) is 12.1 Å². The van der Waals surface area contributed by atoms with Gasteiger partial charge in [0.2, 0.25) is 14.2 Å². The van der Waals surface area contributed by atoms with Crippen molar-refractivity contribution in [3.63, 3.8) is 0 Å². The lowest BCUT2D eigenvalue weighted by Crippen LogP contribution is -2.12. The number of rotatable bonds is 4. The van der Waals surface area contributed by atoms with Gasteiger partial charge in [0.05, 0.1) is 20.8 Å². The van der Waals surface area contributed by atoms with Crippen LogP contribution in [0.4, 0.5) is 5.69 Å². The number of benzene rings is 2. The van der Waals surface area contributed by atoms with Crippen molar-refractivity contribution in [2.75, 3.05) is 11.0 Å². The Kier molecular flexibility index (Phi) is 4.10. The second-order valence-corrected chi connectivity index (χ2v) is 10.3. The van der Waals surface area contributed by atoms with Crippen LogP contribution in [-0.2, 0) is 19.9 Å². The lowest BCUT2D eigenvalue weighted by Gasteiger charge is -2.08. The molecular weight excluding hydrogens is 368 g/mol. The van der Waals surface area contributed by atoms with Crippen molar-refractivity contribution in [3.05, 3.63) is 48.0 Å². The van der Waals surface area contributed by atoms with Crippen molar-refractivity contribution in [1.29, 1.82) is 0 Å². The van der Waals surface area contributed by atoms with Gasteiger partial charge in [-0.2, -0.15) is 0 Å². The Labute approximate surface area is 144 Å². The maximum Gasteiger partial charge on any atom is 0.261 e. The van der Waals surface area contributed by atoms with E-state index in [2.05, 4.69) is 9.71 Å². The van der Waals surface area contributed by atoms with Crippen LogP contribution < -0.4 is 4.72 Å². The Morgan fingerprint density at radius 2 is 1.79 bits per heavy atom. The molecule has 0 fully saturated rings. The van der Waals surface area contributed by atoms with Crippen molar-refractivity contribution < 1.29 is 16.8 Å². The minimum Gasteiger partial charge on any atom is -0.280 e. The van der Waals surface area contributed by atoms with Crippen molar-refractivity contribution in [1.82, 2.24) is 4.98 Å². The number of hydrogen-bond donors (Lipinski definition) is 1. The number of sulfonamides is 1. The van der Waals surface area contributed by atoms with Gasteiger partial charge in [0, 0.05) is 6.26 Å². The second-order valence-electron chi connectivity index (χ2n) is 5.36. The van der Waals surface area contributed by atoms with E-state index < -0.39 is 19.9 Å². The molecule has 0 saturated carbocycles. The quantitative estimate of drug-likeness (QED) is 0.749. The summed E-state index contributed by atoms with van der Waals surface area (Å²) in [6.45, 7) is 1.81. The van der Waals surface area contributed by atoms with E-state index in [4.69, 9.17) is 0 Å². The fourth-order valence-electron chi connectivity index (χ4n) is 2.12. The van der Waals surface area contributed by atoms with Gasteiger partial charge in [-0.25, -0.2) is 21.8 Å². The number of thiazole rings is 1. The highest BCUT2D eigenvalue weighted by Gasteiger charge is 2.17. The standard InChI is InChI=1S/C15H14N2O4S3/c1-10-4-3-5-12(8-10)24(20,21)17-11-6-7-13-14(9-11)22-15(16-13)23(2,18)19/h3-9,17H,1-2H3. The first-order valence-corrected chi connectivity index (χ1v) is 11.0. The average molecular weight is 382 g/mol. The van der Waals surface area contributed by atoms with Crippen molar-refractivity contribution >= 4 is 47.1 Å². The topological polar surface area (TPSA) is 93.2 Å². The molecule has 9 heteroatoms. The summed E-state index contributed by atoms with van der Waals surface area (Å²) >= 11 is 1.01. The number of aryl methyl sites for hydroxylation is 1. The summed E-state index contributed by atoms with van der Waals surface area (Å²) in [5.41, 5.74) is 1.71. The van der Waals surface area contributed by atoms with E-state index in [1.807, 2.05) is 13.0 Å². The molecule has 3 aromatic rings. The molecule has 0 aliphatic heterocycles. The molecule has 0 amide bonds. The molecule has 0 unspecified atom stereocenters. The molecule has 0 aliphatic carbocycles. The van der Waals surface area contributed by atoms with E-state index in [0.29, 0.717) is 15.9 Å². The van der Waals surface area contributed by atoms with Crippen molar-refractivity contribution in [2.24, 2.45) is 0 Å². The summed E-state index contributed by atoms with van der Waals surface area (Å²) < 4.78 is 51.1. The first-order chi connectivity index (χ1) is 11.1. The van der Waals surface area contributed by atoms with E-state index >= 15 is 0 Å². The number of nitrogens with one attached hydrogen (secondary N) is 1. The number of aromatic nitrogens is 1. The van der Waals surface area contributed by atoms with Crippen LogP contribution in [0.1, 0.15) is 5.56 Å². The molecule has 6 nitrogen and oxygen atoms in total. The molecule has 24 heavy (non-hydrogen) atoms. The predicted molar refractivity (Wildman–Crippen MR) is 94.7 cm³/mol. The summed E-state index contributed by atoms with van der Waals surface area (Å²) in [4.78, 5) is 4.21. The van der Waals surface area contributed by atoms with Gasteiger partial charge in [-0.3, -0.25) is 4.72 Å². The smallest absolute Gasteiger partial charge is 0.261 e. The van der Waals surface area contributed by atoms with Crippen LogP contribution >= 0.6 is 11.3 Å². The van der Waals surface area contributed by atoms with Gasteiger partial charge in [-0.15, -0.1) is 11.3 Å². The Morgan fingerprint density at radius 1 is 1.04 bits per heavy atom. The van der Waals surface area contributed by atoms with Crippen LogP contribution in [-0.4, -0.2) is 28.1 Å². The monoisotopic (exact) mass is 382 g/mol. The number of nitrogens with zero attached hydrogens (tertiary/aromatic N) is 1. The third kappa shape index (κ3) is 3.42. The van der Waals surface area contributed by atoms with E-state index in [1.165, 1.54) is 6.07 Å². The number of fused-ring (bicyclic) bond motifs is 1. The molecule has 1 heterocycles. The highest BCUT2D eigenvalue weighted by atomic mass is 32.2. The number of hydrogen-bond acceptors (Lipinski definition) is 6. The molecule has 1 N–H and O–H groups in total. The molecule has 0 bridgehead atoms. The fourth-order valence-corrected chi connectivity index (χ4v) is 5.15. The fraction of sp³-hybridized carbons (Fsp3) is 0.133. The molecule has 3 rings (SSSR count). The minimum absolute atomic E-state index is 0.0104. The molecule has 0 atom stereocenters. The van der Waals surface area contributed by atoms with Gasteiger partial charge in [0.1, 0.15) is 0 Å². The minimum atomic E-state index is -3.71. The third-order valence-electron chi connectivity index (χ3n) is 3.24. The molecule has 1 aromatic heterocycles. The van der Waals surface area contributed by atoms with Crippen molar-refractivity contribution in [2.45, 2.75) is 16.2 Å². The summed E-state index contributed by atoms with van der Waals surface area (Å²) in [6, 6.07) is 11.3. The van der Waals surface area contributed by atoms with E-state index in [0.717, 1.165) is 23.2 Å². The second kappa shape index (κ2) is 5.83. The SMILES string of the molecule is Cc1cccc(S(=O)(=O)Nc2ccc3nc(S(C)(=O)=O)sc3c2)c1. The maximum absolute atomic E-state index is 12.4. The molecule has 126 valence electrons. The third-order valence-corrected chi connectivity index (χ3v) is 7.31. The summed E-state index contributed by atoms with van der Waals surface area (Å²) in [6.07, 6.45) is 1.09. The van der Waals surface area contributed by atoms with E-state index in [9.17, 15) is 16.8 Å². The maximum atomic E-state index is 12.4. The first kappa shape index (κ1) is 16.9. The Morgan fingerprint density at radius 3 is 2.46 bits per heavy atom. The van der Waals surface area contributed by atoms with Crippen LogP contribution in [0.3, 0.4) is 0 Å². The van der Waals surface area contributed by atoms with Gasteiger partial charge < -0.3 is 0 Å². The lowest BCUT2D eigenvalue weighted by molar-refractivity contribution is 0.599. The highest BCUT2D eigenvalue weighted by Crippen LogP contribution is 2.28. The Bertz CT molecular complexity index is 1130. The summed E-state index contributed by atoms with van der Waals surface area (Å²) in [7, 11) is -7.10. The van der Waals surface area contributed by atoms with Crippen LogP contribution in [0.25, 0.3) is 10.2 Å². The van der Waals surface area contributed by atoms with Gasteiger partial charge in [0.25, 0.3) is 10.0 Å². The zero-order valence-corrected chi connectivity index (χ0v) is 15.3. The predicted octanol–water partition coefficient (Wildman–Crippen LogP) is 2.81. The van der Waals surface area contributed by atoms with Gasteiger partial charge in [0.15, 0.2) is 0 Å². The number of sulfone groups is 1. The van der Waals surface area contributed by atoms with Crippen molar-refractivity contribution in [3.8, 4) is 0 Å². The lowest BCUT2D eigenvalue weighted by atomic mass is 10.2. The molecule has 0 spiro atoms. The van der Waals surface area contributed by atoms with Crippen LogP contribution in [0, 0.1) is 6.92 Å². The molecule has 0 radical (unpaired) electrons. The zero-order chi connectivity index (χ0) is 17.5. The molecular formula is C15H14N2O4S3. The molecule has 0 aliphatic rings. The molecule has 0 saturated heterocycles. The highest BCUT2D eigenvalue weighted by molar-refractivity contribution is 7.93. The van der Waals surface area contributed by atoms with Gasteiger partial charge >= 0.3 is 0 Å². The average Bonchev–Trinajstić information content (AvgIpc) is 2.90. The normalized spacial score (nSPS) is 12.4. The van der Waals surface area contributed by atoms with Gasteiger partial charge in [-0.05, 0) is 42.8 Å². The Hall–Kier alpha value is -1.97. The summed E-state index contributed by atoms with van der Waals surface area (Å²) in [5, 5.41) is 0. The van der Waals surface area contributed by atoms with Crippen LogP contribution in [0.15, 0.2) is 51.7 Å². The Balaban J connectivity index is 1.98. The molecule has 2 aromatic carbocycles. The van der Waals surface area contributed by atoms with Crippen LogP contribution in [0.5, 0.6) is 0 Å². The van der Waals surface area contributed by atoms with Crippen LogP contribution in [0.2, 0.25) is 0 Å². The van der Waals surface area contributed by atoms with E-state index in [1.54, 1.807) is 30.3 Å². The number of anilines is 1. The zero-order valence-electron chi connectivity index (χ0n) is 12.8. The van der Waals surface area contributed by atoms with E-state index in [-0.39, 0.29) is 9.24 Å². The largest absolute Gasteiger partial charge is 0.280 e.